The third-order valence-corrected chi connectivity index (χ3v) is 6.24. The van der Waals surface area contributed by atoms with E-state index >= 15 is 0 Å². The quantitative estimate of drug-likeness (QED) is 0.634. The monoisotopic (exact) mass is 390 g/mol. The lowest BCUT2D eigenvalue weighted by Gasteiger charge is -2.23. The summed E-state index contributed by atoms with van der Waals surface area (Å²) in [6, 6.07) is 4.25. The van der Waals surface area contributed by atoms with E-state index in [-0.39, 0.29) is 0 Å². The second kappa shape index (κ2) is 8.74. The standard InChI is InChI=1S/C23H26N4S/c1-17-5-3-4-10-27(17)21-8-9-24-20(14-21)12-18-6-7-19(11-18)13-23-25-15-22(28-2)16-26-23/h3-5,8-10,14-16,18-19H,1,6-7,11-13H2,2H3/t18-,19-/m0/s1. The summed E-state index contributed by atoms with van der Waals surface area (Å²) < 4.78 is 0. The van der Waals surface area contributed by atoms with Gasteiger partial charge in [-0.25, -0.2) is 9.97 Å². The van der Waals surface area contributed by atoms with Crippen molar-refractivity contribution in [3.8, 4) is 0 Å². The number of hydrogen-bond donors (Lipinski definition) is 0. The minimum Gasteiger partial charge on any atom is -0.318 e. The molecular formula is C23H26N4S. The molecular weight excluding hydrogens is 364 g/mol. The van der Waals surface area contributed by atoms with E-state index in [0.29, 0.717) is 11.8 Å². The zero-order valence-corrected chi connectivity index (χ0v) is 17.1. The van der Waals surface area contributed by atoms with Gasteiger partial charge >= 0.3 is 0 Å². The Labute approximate surface area is 171 Å². The molecule has 2 aromatic heterocycles. The van der Waals surface area contributed by atoms with Crippen molar-refractivity contribution in [3.05, 3.63) is 78.9 Å². The Kier molecular flexibility index (Phi) is 5.91. The van der Waals surface area contributed by atoms with Crippen LogP contribution in [-0.2, 0) is 12.8 Å². The number of nitrogens with zero attached hydrogens (tertiary/aromatic N) is 4. The first-order valence-corrected chi connectivity index (χ1v) is 11.1. The minimum absolute atomic E-state index is 0.684. The second-order valence-electron chi connectivity index (χ2n) is 7.56. The number of thioether (sulfide) groups is 1. The van der Waals surface area contributed by atoms with Gasteiger partial charge in [-0.1, -0.05) is 12.7 Å². The molecule has 0 aromatic carbocycles. The predicted octanol–water partition coefficient (Wildman–Crippen LogP) is 5.20. The summed E-state index contributed by atoms with van der Waals surface area (Å²) in [5, 5.41) is 0. The lowest BCUT2D eigenvalue weighted by Crippen LogP contribution is -2.15. The van der Waals surface area contributed by atoms with E-state index < -0.39 is 0 Å². The van der Waals surface area contributed by atoms with E-state index in [0.717, 1.165) is 34.9 Å². The van der Waals surface area contributed by atoms with Gasteiger partial charge in [-0.3, -0.25) is 4.98 Å². The van der Waals surface area contributed by atoms with E-state index in [1.165, 1.54) is 25.0 Å². The van der Waals surface area contributed by atoms with Gasteiger partial charge in [-0.2, -0.15) is 0 Å². The van der Waals surface area contributed by atoms with Gasteiger partial charge in [0.15, 0.2) is 0 Å². The first-order chi connectivity index (χ1) is 13.7. The maximum absolute atomic E-state index is 4.63. The Bertz CT molecular complexity index is 888. The molecule has 1 aliphatic carbocycles. The molecule has 0 N–H and O–H groups in total. The van der Waals surface area contributed by atoms with E-state index in [2.05, 4.69) is 45.0 Å². The normalized spacial score (nSPS) is 21.5. The second-order valence-corrected chi connectivity index (χ2v) is 8.44. The summed E-state index contributed by atoms with van der Waals surface area (Å²) in [5.74, 6) is 2.36. The summed E-state index contributed by atoms with van der Waals surface area (Å²) in [7, 11) is 0. The molecule has 0 bridgehead atoms. The van der Waals surface area contributed by atoms with E-state index in [4.69, 9.17) is 0 Å². The fourth-order valence-corrected chi connectivity index (χ4v) is 4.43. The number of rotatable bonds is 6. The lowest BCUT2D eigenvalue weighted by atomic mass is 9.97. The van der Waals surface area contributed by atoms with Crippen LogP contribution in [0, 0.1) is 11.8 Å². The Morgan fingerprint density at radius 3 is 2.64 bits per heavy atom. The third kappa shape index (κ3) is 4.53. The Morgan fingerprint density at radius 2 is 1.89 bits per heavy atom. The third-order valence-electron chi connectivity index (χ3n) is 5.56. The highest BCUT2D eigenvalue weighted by Crippen LogP contribution is 2.35. The summed E-state index contributed by atoms with van der Waals surface area (Å²) in [6.45, 7) is 4.12. The zero-order chi connectivity index (χ0) is 19.3. The van der Waals surface area contributed by atoms with Crippen molar-refractivity contribution in [1.29, 1.82) is 0 Å². The SMILES string of the molecule is C=C1C=CC=CN1c1ccnc(C[C@H]2CC[C@H](Cc3ncc(SC)cn3)C2)c1. The van der Waals surface area contributed by atoms with Crippen molar-refractivity contribution in [1.82, 2.24) is 15.0 Å². The van der Waals surface area contributed by atoms with E-state index in [9.17, 15) is 0 Å². The molecule has 1 fully saturated rings. The Hall–Kier alpha value is -2.40. The highest BCUT2D eigenvalue weighted by Gasteiger charge is 2.26. The van der Waals surface area contributed by atoms with Gasteiger partial charge in [0.05, 0.1) is 0 Å². The summed E-state index contributed by atoms with van der Waals surface area (Å²) >= 11 is 1.68. The van der Waals surface area contributed by atoms with Crippen molar-refractivity contribution in [2.75, 3.05) is 11.2 Å². The summed E-state index contributed by atoms with van der Waals surface area (Å²) in [4.78, 5) is 16.9. The fourth-order valence-electron chi connectivity index (χ4n) is 4.11. The van der Waals surface area contributed by atoms with E-state index in [1.54, 1.807) is 11.8 Å². The highest BCUT2D eigenvalue weighted by molar-refractivity contribution is 7.98. The molecule has 3 heterocycles. The van der Waals surface area contributed by atoms with Crippen LogP contribution < -0.4 is 4.90 Å². The van der Waals surface area contributed by atoms with Crippen LogP contribution >= 0.6 is 11.8 Å². The first-order valence-electron chi connectivity index (χ1n) is 9.84. The molecule has 0 unspecified atom stereocenters. The first kappa shape index (κ1) is 18.9. The molecule has 0 saturated heterocycles. The number of anilines is 1. The molecule has 28 heavy (non-hydrogen) atoms. The van der Waals surface area contributed by atoms with Crippen LogP contribution in [0.5, 0.6) is 0 Å². The van der Waals surface area contributed by atoms with Crippen LogP contribution in [0.25, 0.3) is 0 Å². The summed E-state index contributed by atoms with van der Waals surface area (Å²) in [5.41, 5.74) is 3.28. The van der Waals surface area contributed by atoms with Gasteiger partial charge in [0, 0.05) is 53.2 Å². The molecule has 5 heteroatoms. The molecule has 0 radical (unpaired) electrons. The molecule has 1 saturated carbocycles. The molecule has 4 rings (SSSR count). The largest absolute Gasteiger partial charge is 0.318 e. The minimum atomic E-state index is 0.684. The Morgan fingerprint density at radius 1 is 1.11 bits per heavy atom. The van der Waals surface area contributed by atoms with Gasteiger partial charge < -0.3 is 4.90 Å². The zero-order valence-electron chi connectivity index (χ0n) is 16.3. The van der Waals surface area contributed by atoms with Crippen LogP contribution in [0.4, 0.5) is 5.69 Å². The molecule has 4 nitrogen and oxygen atoms in total. The summed E-state index contributed by atoms with van der Waals surface area (Å²) in [6.07, 6.45) is 21.7. The molecule has 2 aromatic rings. The number of hydrogen-bond acceptors (Lipinski definition) is 5. The topological polar surface area (TPSA) is 41.9 Å². The number of aromatic nitrogens is 3. The maximum atomic E-state index is 4.63. The molecule has 1 aliphatic heterocycles. The van der Waals surface area contributed by atoms with Crippen molar-refractivity contribution in [2.45, 2.75) is 37.0 Å². The molecule has 2 atom stereocenters. The lowest BCUT2D eigenvalue weighted by molar-refractivity contribution is 0.476. The van der Waals surface area contributed by atoms with Gasteiger partial charge in [-0.15, -0.1) is 11.8 Å². The van der Waals surface area contributed by atoms with Crippen LogP contribution in [-0.4, -0.2) is 21.2 Å². The van der Waals surface area contributed by atoms with Gasteiger partial charge in [-0.05, 0) is 68.1 Å². The molecule has 144 valence electrons. The Balaban J connectivity index is 1.35. The fraction of sp³-hybridized carbons (Fsp3) is 0.348. The highest BCUT2D eigenvalue weighted by atomic mass is 32.2. The average Bonchev–Trinajstić information content (AvgIpc) is 3.16. The smallest absolute Gasteiger partial charge is 0.128 e. The van der Waals surface area contributed by atoms with Crippen LogP contribution in [0.2, 0.25) is 0 Å². The van der Waals surface area contributed by atoms with Gasteiger partial charge in [0.2, 0.25) is 0 Å². The predicted molar refractivity (Wildman–Crippen MR) is 116 cm³/mol. The van der Waals surface area contributed by atoms with Gasteiger partial charge in [0.1, 0.15) is 5.82 Å². The van der Waals surface area contributed by atoms with E-state index in [1.807, 2.05) is 42.9 Å². The molecule has 2 aliphatic rings. The number of pyridine rings is 1. The van der Waals surface area contributed by atoms with Crippen LogP contribution in [0.15, 0.2) is 72.3 Å². The van der Waals surface area contributed by atoms with Gasteiger partial charge in [0.25, 0.3) is 0 Å². The van der Waals surface area contributed by atoms with Crippen molar-refractivity contribution < 1.29 is 0 Å². The van der Waals surface area contributed by atoms with Crippen LogP contribution in [0.1, 0.15) is 30.8 Å². The molecule has 0 spiro atoms. The maximum Gasteiger partial charge on any atom is 0.128 e. The van der Waals surface area contributed by atoms with Crippen molar-refractivity contribution >= 4 is 17.4 Å². The van der Waals surface area contributed by atoms with Crippen molar-refractivity contribution in [3.63, 3.8) is 0 Å². The van der Waals surface area contributed by atoms with Crippen molar-refractivity contribution in [2.24, 2.45) is 11.8 Å². The number of allylic oxidation sites excluding steroid dienone is 3. The average molecular weight is 391 g/mol. The van der Waals surface area contributed by atoms with Crippen LogP contribution in [0.3, 0.4) is 0 Å². The molecule has 0 amide bonds.